The number of methoxy groups -OCH3 is 1. The minimum absolute atomic E-state index is 0.0478. The Hall–Kier alpha value is -3.68. The molecule has 1 aromatic heterocycles. The molecule has 0 radical (unpaired) electrons. The summed E-state index contributed by atoms with van der Waals surface area (Å²) in [6, 6.07) is 16.9. The Morgan fingerprint density at radius 2 is 1.77 bits per heavy atom. The topological polar surface area (TPSA) is 106 Å². The standard InChI is InChI=1S/C22H24N4O4/c1-29-18-12-10-17(11-13-18)22-25-21(30-26-22)9-5-8-19(27)24-15-20(28)23-14-16-6-3-2-4-7-16/h2-4,6-7,10-13H,5,8-9,14-15H2,1H3,(H,23,28)(H,24,27). The minimum Gasteiger partial charge on any atom is -0.497 e. The number of rotatable bonds is 10. The van der Waals surface area contributed by atoms with Crippen LogP contribution in [0.2, 0.25) is 0 Å². The molecule has 1 heterocycles. The van der Waals surface area contributed by atoms with E-state index in [9.17, 15) is 9.59 Å². The monoisotopic (exact) mass is 408 g/mol. The van der Waals surface area contributed by atoms with Crippen molar-refractivity contribution in [1.29, 1.82) is 0 Å². The van der Waals surface area contributed by atoms with Gasteiger partial charge in [-0.25, -0.2) is 0 Å². The minimum atomic E-state index is -0.228. The van der Waals surface area contributed by atoms with Crippen LogP contribution < -0.4 is 15.4 Å². The van der Waals surface area contributed by atoms with Gasteiger partial charge in [0.25, 0.3) is 0 Å². The van der Waals surface area contributed by atoms with Crippen molar-refractivity contribution >= 4 is 11.8 Å². The third-order valence-electron chi connectivity index (χ3n) is 4.39. The molecule has 0 saturated heterocycles. The summed E-state index contributed by atoms with van der Waals surface area (Å²) in [5.41, 5.74) is 1.83. The van der Waals surface area contributed by atoms with Crippen LogP contribution >= 0.6 is 0 Å². The van der Waals surface area contributed by atoms with E-state index in [1.54, 1.807) is 7.11 Å². The smallest absolute Gasteiger partial charge is 0.239 e. The maximum Gasteiger partial charge on any atom is 0.239 e. The highest BCUT2D eigenvalue weighted by molar-refractivity contribution is 5.84. The van der Waals surface area contributed by atoms with Gasteiger partial charge in [-0.1, -0.05) is 35.5 Å². The molecule has 2 N–H and O–H groups in total. The predicted octanol–water partition coefficient (Wildman–Crippen LogP) is 2.50. The number of nitrogens with one attached hydrogen (secondary N) is 2. The first-order chi connectivity index (χ1) is 14.6. The van der Waals surface area contributed by atoms with Crippen molar-refractivity contribution in [1.82, 2.24) is 20.8 Å². The average molecular weight is 408 g/mol. The molecule has 3 rings (SSSR count). The second-order valence-electron chi connectivity index (χ2n) is 6.63. The van der Waals surface area contributed by atoms with Crippen LogP contribution in [0.15, 0.2) is 59.1 Å². The van der Waals surface area contributed by atoms with Crippen LogP contribution in [0.4, 0.5) is 0 Å². The molecule has 0 aliphatic rings. The van der Waals surface area contributed by atoms with E-state index in [-0.39, 0.29) is 24.8 Å². The third-order valence-corrected chi connectivity index (χ3v) is 4.39. The highest BCUT2D eigenvalue weighted by atomic mass is 16.5. The van der Waals surface area contributed by atoms with Crippen LogP contribution in [0.1, 0.15) is 24.3 Å². The molecule has 8 heteroatoms. The van der Waals surface area contributed by atoms with Crippen LogP contribution in [0.5, 0.6) is 5.75 Å². The average Bonchev–Trinajstić information content (AvgIpc) is 3.26. The van der Waals surface area contributed by atoms with E-state index in [4.69, 9.17) is 9.26 Å². The lowest BCUT2D eigenvalue weighted by Crippen LogP contribution is -2.36. The van der Waals surface area contributed by atoms with E-state index in [0.29, 0.717) is 31.1 Å². The van der Waals surface area contributed by atoms with Gasteiger partial charge in [-0.3, -0.25) is 9.59 Å². The summed E-state index contributed by atoms with van der Waals surface area (Å²) in [6.45, 7) is 0.386. The number of hydrogen-bond acceptors (Lipinski definition) is 6. The van der Waals surface area contributed by atoms with Crippen LogP contribution in [0.25, 0.3) is 11.4 Å². The van der Waals surface area contributed by atoms with E-state index < -0.39 is 0 Å². The largest absolute Gasteiger partial charge is 0.497 e. The summed E-state index contributed by atoms with van der Waals surface area (Å²) < 4.78 is 10.4. The second-order valence-corrected chi connectivity index (χ2v) is 6.63. The lowest BCUT2D eigenvalue weighted by atomic mass is 10.2. The summed E-state index contributed by atoms with van der Waals surface area (Å²) in [4.78, 5) is 28.1. The van der Waals surface area contributed by atoms with Gasteiger partial charge in [0.2, 0.25) is 23.5 Å². The zero-order chi connectivity index (χ0) is 21.2. The number of carbonyl (C=O) groups excluding carboxylic acids is 2. The van der Waals surface area contributed by atoms with Crippen molar-refractivity contribution in [3.8, 4) is 17.1 Å². The van der Waals surface area contributed by atoms with Gasteiger partial charge in [0.15, 0.2) is 0 Å². The molecule has 0 bridgehead atoms. The van der Waals surface area contributed by atoms with E-state index in [2.05, 4.69) is 20.8 Å². The SMILES string of the molecule is COc1ccc(-c2noc(CCCC(=O)NCC(=O)NCc3ccccc3)n2)cc1. The van der Waals surface area contributed by atoms with Gasteiger partial charge in [0.1, 0.15) is 5.75 Å². The number of nitrogens with zero attached hydrogens (tertiary/aromatic N) is 2. The fraction of sp³-hybridized carbons (Fsp3) is 0.273. The molecule has 2 amide bonds. The van der Waals surface area contributed by atoms with Crippen molar-refractivity contribution in [3.05, 3.63) is 66.1 Å². The molecular weight excluding hydrogens is 384 g/mol. The summed E-state index contributed by atoms with van der Waals surface area (Å²) in [7, 11) is 1.61. The molecule has 3 aromatic rings. The molecule has 0 saturated carbocycles. The second kappa shape index (κ2) is 10.8. The van der Waals surface area contributed by atoms with Crippen molar-refractivity contribution in [3.63, 3.8) is 0 Å². The zero-order valence-corrected chi connectivity index (χ0v) is 16.8. The Kier molecular flexibility index (Phi) is 7.54. The van der Waals surface area contributed by atoms with Gasteiger partial charge in [-0.2, -0.15) is 4.98 Å². The number of aryl methyl sites for hydroxylation is 1. The highest BCUT2D eigenvalue weighted by Crippen LogP contribution is 2.20. The van der Waals surface area contributed by atoms with E-state index >= 15 is 0 Å². The van der Waals surface area contributed by atoms with E-state index in [1.165, 1.54) is 0 Å². The summed E-state index contributed by atoms with van der Waals surface area (Å²) in [6.07, 6.45) is 1.30. The summed E-state index contributed by atoms with van der Waals surface area (Å²) in [5, 5.41) is 9.35. The number of amides is 2. The lowest BCUT2D eigenvalue weighted by Gasteiger charge is -2.06. The van der Waals surface area contributed by atoms with Crippen LogP contribution in [-0.2, 0) is 22.6 Å². The Morgan fingerprint density at radius 1 is 1.00 bits per heavy atom. The van der Waals surface area contributed by atoms with E-state index in [0.717, 1.165) is 16.9 Å². The molecule has 0 spiro atoms. The van der Waals surface area contributed by atoms with Gasteiger partial charge in [-0.05, 0) is 36.2 Å². The Morgan fingerprint density at radius 3 is 2.50 bits per heavy atom. The predicted molar refractivity (Wildman–Crippen MR) is 111 cm³/mol. The van der Waals surface area contributed by atoms with Crippen molar-refractivity contribution < 1.29 is 18.8 Å². The molecular formula is C22H24N4O4. The fourth-order valence-electron chi connectivity index (χ4n) is 2.74. The van der Waals surface area contributed by atoms with Crippen LogP contribution in [0, 0.1) is 0 Å². The number of ether oxygens (including phenoxy) is 1. The fourth-order valence-corrected chi connectivity index (χ4v) is 2.74. The third kappa shape index (κ3) is 6.44. The number of hydrogen-bond donors (Lipinski definition) is 2. The van der Waals surface area contributed by atoms with Crippen molar-refractivity contribution in [2.24, 2.45) is 0 Å². The Labute approximate surface area is 174 Å². The molecule has 0 unspecified atom stereocenters. The molecule has 2 aromatic carbocycles. The van der Waals surface area contributed by atoms with Gasteiger partial charge in [0.05, 0.1) is 13.7 Å². The first-order valence-electron chi connectivity index (χ1n) is 9.68. The normalized spacial score (nSPS) is 10.4. The van der Waals surface area contributed by atoms with Crippen molar-refractivity contribution in [2.45, 2.75) is 25.8 Å². The maximum absolute atomic E-state index is 11.9. The quantitative estimate of drug-likeness (QED) is 0.534. The zero-order valence-electron chi connectivity index (χ0n) is 16.8. The molecule has 0 fully saturated rings. The van der Waals surface area contributed by atoms with Crippen LogP contribution in [0.3, 0.4) is 0 Å². The van der Waals surface area contributed by atoms with Crippen LogP contribution in [-0.4, -0.2) is 35.6 Å². The Bertz CT molecular complexity index is 955. The van der Waals surface area contributed by atoms with Gasteiger partial charge < -0.3 is 19.9 Å². The first kappa shape index (κ1) is 21.0. The van der Waals surface area contributed by atoms with Gasteiger partial charge in [-0.15, -0.1) is 0 Å². The maximum atomic E-state index is 11.9. The molecule has 8 nitrogen and oxygen atoms in total. The molecule has 0 atom stereocenters. The molecule has 156 valence electrons. The Balaban J connectivity index is 1.34. The first-order valence-corrected chi connectivity index (χ1v) is 9.68. The summed E-state index contributed by atoms with van der Waals surface area (Å²) >= 11 is 0. The summed E-state index contributed by atoms with van der Waals surface area (Å²) in [5.74, 6) is 1.29. The molecule has 0 aliphatic carbocycles. The number of aromatic nitrogens is 2. The molecule has 0 aliphatic heterocycles. The number of carbonyl (C=O) groups is 2. The van der Waals surface area contributed by atoms with E-state index in [1.807, 2.05) is 54.6 Å². The van der Waals surface area contributed by atoms with Gasteiger partial charge in [0, 0.05) is 24.9 Å². The molecule has 30 heavy (non-hydrogen) atoms. The number of benzene rings is 2. The van der Waals surface area contributed by atoms with Crippen molar-refractivity contribution in [2.75, 3.05) is 13.7 Å². The highest BCUT2D eigenvalue weighted by Gasteiger charge is 2.10. The lowest BCUT2D eigenvalue weighted by molar-refractivity contribution is -0.126. The van der Waals surface area contributed by atoms with Gasteiger partial charge >= 0.3 is 0 Å².